The van der Waals surface area contributed by atoms with Crippen molar-refractivity contribution in [2.24, 2.45) is 0 Å². The SMILES string of the molecule is Cc1c(C(=O)c2ccc(Cl)cc2Cl)oc2cc(-c3ccccc3)ccc12. The largest absolute Gasteiger partial charge is 0.452 e. The van der Waals surface area contributed by atoms with E-state index in [-0.39, 0.29) is 5.78 Å². The Bertz CT molecular complexity index is 1130. The number of carbonyl (C=O) groups excluding carboxylic acids is 1. The summed E-state index contributed by atoms with van der Waals surface area (Å²) >= 11 is 12.1. The normalized spacial score (nSPS) is 11.0. The monoisotopic (exact) mass is 380 g/mol. The van der Waals surface area contributed by atoms with Gasteiger partial charge in [0.1, 0.15) is 5.58 Å². The molecule has 0 saturated heterocycles. The van der Waals surface area contributed by atoms with Gasteiger partial charge in [-0.2, -0.15) is 0 Å². The van der Waals surface area contributed by atoms with E-state index in [4.69, 9.17) is 27.6 Å². The van der Waals surface area contributed by atoms with E-state index in [9.17, 15) is 4.79 Å². The molecule has 0 radical (unpaired) electrons. The lowest BCUT2D eigenvalue weighted by molar-refractivity contribution is 0.101. The molecule has 0 aliphatic rings. The molecule has 26 heavy (non-hydrogen) atoms. The quantitative estimate of drug-likeness (QED) is 0.360. The number of rotatable bonds is 3. The fourth-order valence-electron chi connectivity index (χ4n) is 3.05. The summed E-state index contributed by atoms with van der Waals surface area (Å²) in [7, 11) is 0. The maximum absolute atomic E-state index is 12.9. The Balaban J connectivity index is 1.81. The fraction of sp³-hybridized carbons (Fsp3) is 0.0455. The average Bonchev–Trinajstić information content (AvgIpc) is 2.98. The van der Waals surface area contributed by atoms with Gasteiger partial charge in [0.15, 0.2) is 5.76 Å². The van der Waals surface area contributed by atoms with Gasteiger partial charge in [-0.05, 0) is 42.3 Å². The number of halogens is 2. The van der Waals surface area contributed by atoms with Gasteiger partial charge in [-0.15, -0.1) is 0 Å². The lowest BCUT2D eigenvalue weighted by Gasteiger charge is -2.02. The number of ketones is 1. The summed E-state index contributed by atoms with van der Waals surface area (Å²) in [5, 5.41) is 1.71. The highest BCUT2D eigenvalue weighted by Gasteiger charge is 2.21. The van der Waals surface area contributed by atoms with E-state index in [2.05, 4.69) is 0 Å². The molecule has 4 aromatic rings. The van der Waals surface area contributed by atoms with Crippen LogP contribution in [0.5, 0.6) is 0 Å². The molecular weight excluding hydrogens is 367 g/mol. The number of fused-ring (bicyclic) bond motifs is 1. The summed E-state index contributed by atoms with van der Waals surface area (Å²) in [4.78, 5) is 12.9. The van der Waals surface area contributed by atoms with Gasteiger partial charge in [0, 0.05) is 21.5 Å². The van der Waals surface area contributed by atoms with Gasteiger partial charge < -0.3 is 4.42 Å². The Morgan fingerprint density at radius 2 is 1.65 bits per heavy atom. The summed E-state index contributed by atoms with van der Waals surface area (Å²) < 4.78 is 5.92. The second-order valence-corrected chi connectivity index (χ2v) is 6.93. The van der Waals surface area contributed by atoms with E-state index in [1.807, 2.05) is 55.5 Å². The number of benzene rings is 3. The predicted octanol–water partition coefficient (Wildman–Crippen LogP) is 6.95. The van der Waals surface area contributed by atoms with Gasteiger partial charge in [0.2, 0.25) is 5.78 Å². The third-order valence-corrected chi connectivity index (χ3v) is 4.98. The zero-order valence-corrected chi connectivity index (χ0v) is 15.4. The van der Waals surface area contributed by atoms with Crippen LogP contribution in [-0.4, -0.2) is 5.78 Å². The zero-order valence-electron chi connectivity index (χ0n) is 13.9. The lowest BCUT2D eigenvalue weighted by atomic mass is 10.0. The summed E-state index contributed by atoms with van der Waals surface area (Å²) in [6.07, 6.45) is 0. The third kappa shape index (κ3) is 2.92. The second kappa shape index (κ2) is 6.64. The molecule has 0 fully saturated rings. The van der Waals surface area contributed by atoms with Crippen molar-refractivity contribution < 1.29 is 9.21 Å². The number of carbonyl (C=O) groups is 1. The first-order valence-corrected chi connectivity index (χ1v) is 8.88. The number of hydrogen-bond donors (Lipinski definition) is 0. The Hall–Kier alpha value is -2.55. The van der Waals surface area contributed by atoms with Crippen molar-refractivity contribution in [2.75, 3.05) is 0 Å². The van der Waals surface area contributed by atoms with Gasteiger partial charge in [-0.1, -0.05) is 65.7 Å². The minimum Gasteiger partial charge on any atom is -0.452 e. The van der Waals surface area contributed by atoms with Crippen LogP contribution in [0.4, 0.5) is 0 Å². The highest BCUT2D eigenvalue weighted by Crippen LogP contribution is 2.32. The van der Waals surface area contributed by atoms with E-state index in [1.165, 1.54) is 0 Å². The zero-order chi connectivity index (χ0) is 18.3. The van der Waals surface area contributed by atoms with Crippen LogP contribution >= 0.6 is 23.2 Å². The van der Waals surface area contributed by atoms with E-state index in [0.717, 1.165) is 22.1 Å². The molecule has 0 aliphatic heterocycles. The van der Waals surface area contributed by atoms with Gasteiger partial charge >= 0.3 is 0 Å². The lowest BCUT2D eigenvalue weighted by Crippen LogP contribution is -2.02. The predicted molar refractivity (Wildman–Crippen MR) is 106 cm³/mol. The minimum absolute atomic E-state index is 0.248. The van der Waals surface area contributed by atoms with Crippen molar-refractivity contribution >= 4 is 40.0 Å². The Morgan fingerprint density at radius 3 is 2.38 bits per heavy atom. The molecule has 3 aromatic carbocycles. The molecule has 0 aliphatic carbocycles. The Kier molecular flexibility index (Phi) is 4.31. The Labute approximate surface area is 161 Å². The number of aryl methyl sites for hydroxylation is 1. The van der Waals surface area contributed by atoms with Crippen molar-refractivity contribution in [3.8, 4) is 11.1 Å². The highest BCUT2D eigenvalue weighted by molar-refractivity contribution is 6.37. The van der Waals surface area contributed by atoms with Crippen molar-refractivity contribution in [1.29, 1.82) is 0 Å². The van der Waals surface area contributed by atoms with E-state index >= 15 is 0 Å². The van der Waals surface area contributed by atoms with Gasteiger partial charge in [-0.3, -0.25) is 4.79 Å². The highest BCUT2D eigenvalue weighted by atomic mass is 35.5. The van der Waals surface area contributed by atoms with E-state index in [0.29, 0.717) is 27.0 Å². The van der Waals surface area contributed by atoms with Crippen molar-refractivity contribution in [3.63, 3.8) is 0 Å². The standard InChI is InChI=1S/C22H14Cl2O2/c1-13-17-9-7-15(14-5-3-2-4-6-14)11-20(17)26-22(13)21(25)18-10-8-16(23)12-19(18)24/h2-12H,1H3. The van der Waals surface area contributed by atoms with Crippen LogP contribution in [0.3, 0.4) is 0 Å². The van der Waals surface area contributed by atoms with Crippen LogP contribution in [0.1, 0.15) is 21.7 Å². The first-order valence-electron chi connectivity index (χ1n) is 8.13. The first kappa shape index (κ1) is 16.9. The van der Waals surface area contributed by atoms with Crippen LogP contribution < -0.4 is 0 Å². The maximum atomic E-state index is 12.9. The molecule has 4 rings (SSSR count). The van der Waals surface area contributed by atoms with E-state index < -0.39 is 0 Å². The number of furan rings is 1. The molecule has 0 spiro atoms. The molecule has 4 heteroatoms. The van der Waals surface area contributed by atoms with Crippen LogP contribution in [0.15, 0.2) is 71.1 Å². The smallest absolute Gasteiger partial charge is 0.229 e. The fourth-order valence-corrected chi connectivity index (χ4v) is 3.54. The van der Waals surface area contributed by atoms with Gasteiger partial charge in [0.05, 0.1) is 5.02 Å². The molecule has 128 valence electrons. The van der Waals surface area contributed by atoms with Crippen LogP contribution in [0.25, 0.3) is 22.1 Å². The minimum atomic E-state index is -0.248. The molecule has 2 nitrogen and oxygen atoms in total. The van der Waals surface area contributed by atoms with Gasteiger partial charge in [-0.25, -0.2) is 0 Å². The van der Waals surface area contributed by atoms with Crippen molar-refractivity contribution in [1.82, 2.24) is 0 Å². The molecule has 0 amide bonds. The van der Waals surface area contributed by atoms with Crippen molar-refractivity contribution in [3.05, 3.63) is 93.7 Å². The average molecular weight is 381 g/mol. The Morgan fingerprint density at radius 1 is 0.885 bits per heavy atom. The van der Waals surface area contributed by atoms with E-state index in [1.54, 1.807) is 18.2 Å². The first-order chi connectivity index (χ1) is 12.5. The number of hydrogen-bond acceptors (Lipinski definition) is 2. The molecule has 0 unspecified atom stereocenters. The van der Waals surface area contributed by atoms with Crippen LogP contribution in [-0.2, 0) is 0 Å². The summed E-state index contributed by atoms with van der Waals surface area (Å²) in [5.74, 6) is 0.0519. The topological polar surface area (TPSA) is 30.2 Å². The molecular formula is C22H14Cl2O2. The molecule has 0 atom stereocenters. The molecule has 0 saturated carbocycles. The summed E-state index contributed by atoms with van der Waals surface area (Å²) in [6.45, 7) is 1.88. The second-order valence-electron chi connectivity index (χ2n) is 6.09. The summed E-state index contributed by atoms with van der Waals surface area (Å²) in [5.41, 5.74) is 3.99. The summed E-state index contributed by atoms with van der Waals surface area (Å²) in [6, 6.07) is 20.8. The van der Waals surface area contributed by atoms with Crippen LogP contribution in [0.2, 0.25) is 10.0 Å². The van der Waals surface area contributed by atoms with Crippen LogP contribution in [0, 0.1) is 6.92 Å². The molecule has 1 aromatic heterocycles. The van der Waals surface area contributed by atoms with Gasteiger partial charge in [0.25, 0.3) is 0 Å². The van der Waals surface area contributed by atoms with Crippen molar-refractivity contribution in [2.45, 2.75) is 6.92 Å². The maximum Gasteiger partial charge on any atom is 0.229 e. The molecule has 0 bridgehead atoms. The molecule has 0 N–H and O–H groups in total. The molecule has 1 heterocycles. The third-order valence-electron chi connectivity index (χ3n) is 4.43.